The van der Waals surface area contributed by atoms with Crippen LogP contribution in [0.2, 0.25) is 0 Å². The Morgan fingerprint density at radius 2 is 1.74 bits per heavy atom. The van der Waals surface area contributed by atoms with Crippen LogP contribution >= 0.6 is 24.0 Å². The van der Waals surface area contributed by atoms with E-state index in [1.807, 2.05) is 0 Å². The minimum atomic E-state index is -0.283. The van der Waals surface area contributed by atoms with Crippen molar-refractivity contribution in [2.45, 2.75) is 31.7 Å². The molecule has 2 aliphatic rings. The number of ether oxygens (including phenoxy) is 1. The topological polar surface area (TPSA) is 103 Å². The second-order valence-electron chi connectivity index (χ2n) is 7.39. The number of hydrogen-bond donors (Lipinski definition) is 2. The molecule has 1 aromatic carbocycles. The van der Waals surface area contributed by atoms with E-state index >= 15 is 0 Å². The van der Waals surface area contributed by atoms with Crippen LogP contribution in [0.5, 0.6) is 0 Å². The van der Waals surface area contributed by atoms with Crippen molar-refractivity contribution in [2.24, 2.45) is 4.99 Å². The molecule has 0 saturated carbocycles. The van der Waals surface area contributed by atoms with Crippen molar-refractivity contribution >= 4 is 47.8 Å². The standard InChI is InChI=1S/C21H29N5O4.HI/c1-22-20(24-15-9-13-25(14-10-15)21(29)30-2)23-11-5-6-12-26-18(27)16-7-3-4-8-17(16)19(26)28;/h3-4,7-8,15H,5-6,9-14H2,1-2H3,(H2,22,23,24);1H. The Kier molecular flexibility index (Phi) is 9.53. The van der Waals surface area contributed by atoms with E-state index in [9.17, 15) is 14.4 Å². The third-order valence-electron chi connectivity index (χ3n) is 5.47. The van der Waals surface area contributed by atoms with Crippen LogP contribution < -0.4 is 10.6 Å². The van der Waals surface area contributed by atoms with Crippen LogP contribution in [0.1, 0.15) is 46.4 Å². The number of fused-ring (bicyclic) bond motifs is 1. The third-order valence-corrected chi connectivity index (χ3v) is 5.47. The van der Waals surface area contributed by atoms with Gasteiger partial charge in [-0.25, -0.2) is 4.79 Å². The zero-order valence-electron chi connectivity index (χ0n) is 17.9. The number of unbranched alkanes of at least 4 members (excludes halogenated alkanes) is 1. The predicted molar refractivity (Wildman–Crippen MR) is 128 cm³/mol. The van der Waals surface area contributed by atoms with E-state index in [1.165, 1.54) is 12.0 Å². The number of nitrogens with zero attached hydrogens (tertiary/aromatic N) is 3. The first-order chi connectivity index (χ1) is 14.5. The molecule has 1 fully saturated rings. The molecule has 3 rings (SSSR count). The van der Waals surface area contributed by atoms with Crippen molar-refractivity contribution in [3.8, 4) is 0 Å². The third kappa shape index (κ3) is 6.08. The summed E-state index contributed by atoms with van der Waals surface area (Å²) in [5.41, 5.74) is 0.979. The van der Waals surface area contributed by atoms with E-state index in [0.717, 1.165) is 19.3 Å². The smallest absolute Gasteiger partial charge is 0.409 e. The van der Waals surface area contributed by atoms with Crippen molar-refractivity contribution in [1.29, 1.82) is 0 Å². The number of methoxy groups -OCH3 is 1. The number of aliphatic imine (C=N–C) groups is 1. The highest BCUT2D eigenvalue weighted by atomic mass is 127. The number of rotatable bonds is 6. The Morgan fingerprint density at radius 3 is 2.29 bits per heavy atom. The van der Waals surface area contributed by atoms with Gasteiger partial charge in [0, 0.05) is 39.3 Å². The van der Waals surface area contributed by atoms with Gasteiger partial charge in [-0.2, -0.15) is 0 Å². The molecule has 0 spiro atoms. The first-order valence-electron chi connectivity index (χ1n) is 10.3. The number of carbonyl (C=O) groups excluding carboxylic acids is 3. The fourth-order valence-electron chi connectivity index (χ4n) is 3.77. The van der Waals surface area contributed by atoms with Gasteiger partial charge in [-0.15, -0.1) is 24.0 Å². The van der Waals surface area contributed by atoms with Gasteiger partial charge < -0.3 is 20.3 Å². The number of guanidine groups is 1. The van der Waals surface area contributed by atoms with Crippen LogP contribution in [0.15, 0.2) is 29.3 Å². The van der Waals surface area contributed by atoms with Gasteiger partial charge in [0.2, 0.25) is 0 Å². The minimum absolute atomic E-state index is 0. The van der Waals surface area contributed by atoms with Gasteiger partial charge >= 0.3 is 6.09 Å². The molecular formula is C21H30IN5O4. The number of nitrogens with one attached hydrogen (secondary N) is 2. The number of likely N-dealkylation sites (tertiary alicyclic amines) is 1. The highest BCUT2D eigenvalue weighted by Gasteiger charge is 2.34. The average Bonchev–Trinajstić information content (AvgIpc) is 3.02. The molecule has 9 nitrogen and oxygen atoms in total. The van der Waals surface area contributed by atoms with Gasteiger partial charge in [0.25, 0.3) is 11.8 Å². The zero-order chi connectivity index (χ0) is 21.5. The van der Waals surface area contributed by atoms with Crippen LogP contribution in [-0.4, -0.2) is 80.0 Å². The van der Waals surface area contributed by atoms with Gasteiger partial charge in [0.05, 0.1) is 18.2 Å². The second kappa shape index (κ2) is 11.9. The summed E-state index contributed by atoms with van der Waals surface area (Å²) in [4.78, 5) is 43.6. The van der Waals surface area contributed by atoms with E-state index in [0.29, 0.717) is 49.7 Å². The summed E-state index contributed by atoms with van der Waals surface area (Å²) in [6, 6.07) is 7.19. The Labute approximate surface area is 199 Å². The Balaban J connectivity index is 0.00000341. The lowest BCUT2D eigenvalue weighted by Crippen LogP contribution is -2.49. The van der Waals surface area contributed by atoms with E-state index in [-0.39, 0.29) is 47.9 Å². The van der Waals surface area contributed by atoms with E-state index in [2.05, 4.69) is 15.6 Å². The maximum Gasteiger partial charge on any atom is 0.409 e. The molecule has 0 radical (unpaired) electrons. The fourth-order valence-corrected chi connectivity index (χ4v) is 3.77. The molecule has 0 bridgehead atoms. The summed E-state index contributed by atoms with van der Waals surface area (Å²) in [7, 11) is 3.12. The molecule has 3 amide bonds. The summed E-state index contributed by atoms with van der Waals surface area (Å²) < 4.78 is 4.76. The highest BCUT2D eigenvalue weighted by molar-refractivity contribution is 14.0. The Hall–Kier alpha value is -2.37. The molecule has 170 valence electrons. The molecule has 0 unspecified atom stereocenters. The molecule has 2 aliphatic heterocycles. The van der Waals surface area contributed by atoms with Crippen molar-refractivity contribution in [1.82, 2.24) is 20.4 Å². The predicted octanol–water partition coefficient (Wildman–Crippen LogP) is 2.08. The average molecular weight is 543 g/mol. The zero-order valence-corrected chi connectivity index (χ0v) is 20.3. The highest BCUT2D eigenvalue weighted by Crippen LogP contribution is 2.22. The Bertz CT molecular complexity index is 789. The van der Waals surface area contributed by atoms with Gasteiger partial charge in [0.1, 0.15) is 0 Å². The SMILES string of the molecule is CN=C(NCCCCN1C(=O)c2ccccc2C1=O)NC1CCN(C(=O)OC)CC1.I. The largest absolute Gasteiger partial charge is 0.453 e. The molecule has 0 aliphatic carbocycles. The van der Waals surface area contributed by atoms with Gasteiger partial charge in [-0.3, -0.25) is 19.5 Å². The molecule has 0 aromatic heterocycles. The number of hydrogen-bond acceptors (Lipinski definition) is 5. The summed E-state index contributed by atoms with van der Waals surface area (Å²) in [5.74, 6) is 0.297. The van der Waals surface area contributed by atoms with E-state index < -0.39 is 0 Å². The number of halogens is 1. The lowest BCUT2D eigenvalue weighted by atomic mass is 10.1. The minimum Gasteiger partial charge on any atom is -0.453 e. The number of piperidine rings is 1. The normalized spacial score (nSPS) is 16.6. The van der Waals surface area contributed by atoms with Crippen LogP contribution in [-0.2, 0) is 4.74 Å². The second-order valence-corrected chi connectivity index (χ2v) is 7.39. The van der Waals surface area contributed by atoms with Crippen LogP contribution in [0, 0.1) is 0 Å². The van der Waals surface area contributed by atoms with E-state index in [1.54, 1.807) is 36.2 Å². The molecule has 31 heavy (non-hydrogen) atoms. The molecule has 2 heterocycles. The summed E-state index contributed by atoms with van der Waals surface area (Å²) in [6.45, 7) is 2.40. The van der Waals surface area contributed by atoms with Crippen molar-refractivity contribution in [3.63, 3.8) is 0 Å². The number of imide groups is 1. The van der Waals surface area contributed by atoms with Gasteiger partial charge in [-0.05, 0) is 37.8 Å². The molecule has 1 saturated heterocycles. The lowest BCUT2D eigenvalue weighted by Gasteiger charge is -2.32. The van der Waals surface area contributed by atoms with Crippen LogP contribution in [0.4, 0.5) is 4.79 Å². The fraction of sp³-hybridized carbons (Fsp3) is 0.524. The number of benzene rings is 1. The van der Waals surface area contributed by atoms with Gasteiger partial charge in [-0.1, -0.05) is 12.1 Å². The van der Waals surface area contributed by atoms with Crippen molar-refractivity contribution in [3.05, 3.63) is 35.4 Å². The Morgan fingerprint density at radius 1 is 1.13 bits per heavy atom. The van der Waals surface area contributed by atoms with Crippen LogP contribution in [0.25, 0.3) is 0 Å². The van der Waals surface area contributed by atoms with Crippen LogP contribution in [0.3, 0.4) is 0 Å². The lowest BCUT2D eigenvalue weighted by molar-refractivity contribution is 0.0651. The quantitative estimate of drug-likeness (QED) is 0.187. The molecule has 1 aromatic rings. The molecular weight excluding hydrogens is 513 g/mol. The summed E-state index contributed by atoms with van der Waals surface area (Å²) in [6.07, 6.45) is 2.89. The van der Waals surface area contributed by atoms with E-state index in [4.69, 9.17) is 4.74 Å². The maximum atomic E-state index is 12.4. The summed E-state index contributed by atoms with van der Waals surface area (Å²) in [5, 5.41) is 6.65. The number of carbonyl (C=O) groups is 3. The molecule has 10 heteroatoms. The van der Waals surface area contributed by atoms with Gasteiger partial charge in [0.15, 0.2) is 5.96 Å². The van der Waals surface area contributed by atoms with Crippen molar-refractivity contribution < 1.29 is 19.1 Å². The van der Waals surface area contributed by atoms with Crippen molar-refractivity contribution in [2.75, 3.05) is 40.3 Å². The number of amides is 3. The first kappa shape index (κ1) is 24.9. The first-order valence-corrected chi connectivity index (χ1v) is 10.3. The monoisotopic (exact) mass is 543 g/mol. The summed E-state index contributed by atoms with van der Waals surface area (Å²) >= 11 is 0. The molecule has 2 N–H and O–H groups in total. The molecule has 0 atom stereocenters. The maximum absolute atomic E-state index is 12.4.